The first-order valence-corrected chi connectivity index (χ1v) is 5.20. The molecule has 0 fully saturated rings. The van der Waals surface area contributed by atoms with E-state index in [1.807, 2.05) is 0 Å². The van der Waals surface area contributed by atoms with Crippen molar-refractivity contribution in [3.8, 4) is 0 Å². The fraction of sp³-hybridized carbons (Fsp3) is 0. The van der Waals surface area contributed by atoms with Crippen LogP contribution in [0.5, 0.6) is 0 Å². The van der Waals surface area contributed by atoms with Gasteiger partial charge in [-0.15, -0.1) is 0 Å². The van der Waals surface area contributed by atoms with Gasteiger partial charge in [0.05, 0.1) is 11.0 Å². The molecule has 7 nitrogen and oxygen atoms in total. The lowest BCUT2D eigenvalue weighted by Gasteiger charge is -2.02. The van der Waals surface area contributed by atoms with Gasteiger partial charge in [-0.2, -0.15) is 10.1 Å². The van der Waals surface area contributed by atoms with Gasteiger partial charge in [-0.1, -0.05) is 0 Å². The van der Waals surface area contributed by atoms with Crippen molar-refractivity contribution in [2.75, 3.05) is 5.32 Å². The second kappa shape index (κ2) is 4.21. The van der Waals surface area contributed by atoms with E-state index in [1.54, 1.807) is 30.6 Å². The topological polar surface area (TPSA) is 96.5 Å². The van der Waals surface area contributed by atoms with Crippen molar-refractivity contribution in [2.45, 2.75) is 0 Å². The van der Waals surface area contributed by atoms with E-state index in [-0.39, 0.29) is 5.91 Å². The molecule has 2 N–H and O–H groups in total. The summed E-state index contributed by atoms with van der Waals surface area (Å²) < 4.78 is 0. The number of anilines is 1. The number of H-pyrrole nitrogens is 1. The standard InChI is InChI=1S/C11H8N6O/c18-10(16-11-14-6-15-17-11)7-1-2-8-9(5-7)13-4-3-12-8/h1-6H,(H2,14,15,16,17,18). The minimum absolute atomic E-state index is 0.278. The van der Waals surface area contributed by atoms with E-state index in [9.17, 15) is 4.79 Å². The Labute approximate surface area is 101 Å². The Bertz CT molecular complexity index is 694. The van der Waals surface area contributed by atoms with E-state index in [4.69, 9.17) is 0 Å². The molecule has 0 aliphatic rings. The van der Waals surface area contributed by atoms with E-state index in [2.05, 4.69) is 30.5 Å². The summed E-state index contributed by atoms with van der Waals surface area (Å²) in [6.45, 7) is 0. The summed E-state index contributed by atoms with van der Waals surface area (Å²) in [5.41, 5.74) is 1.90. The van der Waals surface area contributed by atoms with Crippen LogP contribution in [0.2, 0.25) is 0 Å². The highest BCUT2D eigenvalue weighted by atomic mass is 16.1. The van der Waals surface area contributed by atoms with Crippen molar-refractivity contribution >= 4 is 22.9 Å². The number of amides is 1. The average Bonchev–Trinajstić information content (AvgIpc) is 2.91. The molecule has 0 aliphatic heterocycles. The molecule has 0 saturated carbocycles. The smallest absolute Gasteiger partial charge is 0.258 e. The third-order valence-electron chi connectivity index (χ3n) is 2.38. The number of fused-ring (bicyclic) bond motifs is 1. The third kappa shape index (κ3) is 1.88. The Kier molecular flexibility index (Phi) is 2.41. The van der Waals surface area contributed by atoms with Crippen LogP contribution < -0.4 is 5.32 Å². The predicted molar refractivity (Wildman–Crippen MR) is 63.9 cm³/mol. The van der Waals surface area contributed by atoms with Crippen LogP contribution in [0.3, 0.4) is 0 Å². The molecule has 0 aliphatic carbocycles. The minimum Gasteiger partial charge on any atom is -0.291 e. The van der Waals surface area contributed by atoms with Crippen LogP contribution in [0, 0.1) is 0 Å². The molecule has 3 aromatic rings. The highest BCUT2D eigenvalue weighted by molar-refractivity contribution is 6.04. The summed E-state index contributed by atoms with van der Waals surface area (Å²) in [6.07, 6.45) is 4.51. The fourth-order valence-electron chi connectivity index (χ4n) is 1.55. The Morgan fingerprint density at radius 2 is 1.94 bits per heavy atom. The van der Waals surface area contributed by atoms with Crippen molar-refractivity contribution in [2.24, 2.45) is 0 Å². The van der Waals surface area contributed by atoms with Gasteiger partial charge in [0, 0.05) is 18.0 Å². The molecule has 0 saturated heterocycles. The van der Waals surface area contributed by atoms with Gasteiger partial charge in [-0.3, -0.25) is 20.1 Å². The highest BCUT2D eigenvalue weighted by Crippen LogP contribution is 2.11. The molecule has 1 aromatic carbocycles. The van der Waals surface area contributed by atoms with Crippen molar-refractivity contribution in [3.05, 3.63) is 42.5 Å². The Morgan fingerprint density at radius 3 is 2.72 bits per heavy atom. The van der Waals surface area contributed by atoms with Gasteiger partial charge in [-0.25, -0.2) is 5.10 Å². The van der Waals surface area contributed by atoms with E-state index >= 15 is 0 Å². The number of nitrogens with zero attached hydrogens (tertiary/aromatic N) is 4. The average molecular weight is 240 g/mol. The zero-order chi connectivity index (χ0) is 12.4. The molecule has 0 radical (unpaired) electrons. The monoisotopic (exact) mass is 240 g/mol. The summed E-state index contributed by atoms with van der Waals surface area (Å²) >= 11 is 0. The van der Waals surface area contributed by atoms with Gasteiger partial charge in [0.1, 0.15) is 6.33 Å². The van der Waals surface area contributed by atoms with E-state index in [0.717, 1.165) is 5.52 Å². The second-order valence-electron chi connectivity index (χ2n) is 3.55. The molecular formula is C11H8N6O. The molecule has 7 heteroatoms. The maximum atomic E-state index is 11.9. The molecule has 1 amide bonds. The van der Waals surface area contributed by atoms with Crippen LogP contribution in [0.1, 0.15) is 10.4 Å². The third-order valence-corrected chi connectivity index (χ3v) is 2.38. The summed E-state index contributed by atoms with van der Waals surface area (Å²) in [7, 11) is 0. The maximum Gasteiger partial charge on any atom is 0.258 e. The van der Waals surface area contributed by atoms with Crippen molar-refractivity contribution < 1.29 is 4.79 Å². The zero-order valence-corrected chi connectivity index (χ0v) is 9.16. The largest absolute Gasteiger partial charge is 0.291 e. The van der Waals surface area contributed by atoms with Crippen molar-refractivity contribution in [1.82, 2.24) is 25.1 Å². The molecule has 3 rings (SSSR count). The number of carbonyl (C=O) groups is 1. The number of carbonyl (C=O) groups excluding carboxylic acids is 1. The SMILES string of the molecule is O=C(Nc1ncn[nH]1)c1ccc2nccnc2c1. The first-order valence-electron chi connectivity index (χ1n) is 5.20. The van der Waals surface area contributed by atoms with Gasteiger partial charge < -0.3 is 0 Å². The lowest BCUT2D eigenvalue weighted by molar-refractivity contribution is 0.102. The maximum absolute atomic E-state index is 11.9. The number of aromatic amines is 1. The summed E-state index contributed by atoms with van der Waals surface area (Å²) in [4.78, 5) is 24.0. The molecular weight excluding hydrogens is 232 g/mol. The lowest BCUT2D eigenvalue weighted by Crippen LogP contribution is -2.13. The van der Waals surface area contributed by atoms with Crippen LogP contribution in [-0.4, -0.2) is 31.1 Å². The molecule has 0 bridgehead atoms. The van der Waals surface area contributed by atoms with Gasteiger partial charge in [0.25, 0.3) is 5.91 Å². The number of aromatic nitrogens is 5. The van der Waals surface area contributed by atoms with Crippen LogP contribution in [0.4, 0.5) is 5.95 Å². The quantitative estimate of drug-likeness (QED) is 0.696. The number of hydrogen-bond donors (Lipinski definition) is 2. The Balaban J connectivity index is 1.92. The molecule has 2 heterocycles. The molecule has 0 spiro atoms. The number of rotatable bonds is 2. The molecule has 88 valence electrons. The van der Waals surface area contributed by atoms with Crippen LogP contribution in [-0.2, 0) is 0 Å². The van der Waals surface area contributed by atoms with Gasteiger partial charge in [0.2, 0.25) is 5.95 Å². The Hall–Kier alpha value is -2.83. The van der Waals surface area contributed by atoms with Gasteiger partial charge in [-0.05, 0) is 18.2 Å². The van der Waals surface area contributed by atoms with E-state index in [1.165, 1.54) is 6.33 Å². The highest BCUT2D eigenvalue weighted by Gasteiger charge is 2.08. The predicted octanol–water partition coefficient (Wildman–Crippen LogP) is 1.00. The number of nitrogens with one attached hydrogen (secondary N) is 2. The first kappa shape index (κ1) is 10.3. The number of benzene rings is 1. The minimum atomic E-state index is -0.278. The Morgan fingerprint density at radius 1 is 1.11 bits per heavy atom. The molecule has 18 heavy (non-hydrogen) atoms. The molecule has 0 unspecified atom stereocenters. The zero-order valence-electron chi connectivity index (χ0n) is 9.16. The van der Waals surface area contributed by atoms with Crippen LogP contribution in [0.15, 0.2) is 36.9 Å². The number of hydrogen-bond acceptors (Lipinski definition) is 5. The summed E-state index contributed by atoms with van der Waals surface area (Å²) in [5.74, 6) is 0.0264. The summed E-state index contributed by atoms with van der Waals surface area (Å²) in [5, 5.41) is 8.79. The van der Waals surface area contributed by atoms with Crippen molar-refractivity contribution in [3.63, 3.8) is 0 Å². The summed E-state index contributed by atoms with van der Waals surface area (Å²) in [6, 6.07) is 5.11. The molecule has 2 aromatic heterocycles. The fourth-order valence-corrected chi connectivity index (χ4v) is 1.55. The normalized spacial score (nSPS) is 10.4. The lowest BCUT2D eigenvalue weighted by atomic mass is 10.2. The van der Waals surface area contributed by atoms with Gasteiger partial charge >= 0.3 is 0 Å². The van der Waals surface area contributed by atoms with E-state index in [0.29, 0.717) is 17.0 Å². The van der Waals surface area contributed by atoms with Crippen molar-refractivity contribution in [1.29, 1.82) is 0 Å². The second-order valence-corrected chi connectivity index (χ2v) is 3.55. The van der Waals surface area contributed by atoms with E-state index < -0.39 is 0 Å². The molecule has 0 atom stereocenters. The van der Waals surface area contributed by atoms with Crippen LogP contribution in [0.25, 0.3) is 11.0 Å². The van der Waals surface area contributed by atoms with Crippen LogP contribution >= 0.6 is 0 Å². The van der Waals surface area contributed by atoms with Gasteiger partial charge in [0.15, 0.2) is 0 Å². The first-order chi connectivity index (χ1) is 8.83.